The Morgan fingerprint density at radius 3 is 2.32 bits per heavy atom. The number of fused-ring (bicyclic) bond motifs is 5. The second-order valence-electron chi connectivity index (χ2n) is 12.7. The molecule has 0 bridgehead atoms. The van der Waals surface area contributed by atoms with Crippen LogP contribution in [0.25, 0.3) is 27.5 Å². The van der Waals surface area contributed by atoms with Gasteiger partial charge in [0.2, 0.25) is 0 Å². The van der Waals surface area contributed by atoms with Crippen LogP contribution < -0.4 is 5.36 Å². The Kier molecular flexibility index (Phi) is 7.59. The first-order valence-electron chi connectivity index (χ1n) is 15.3. The highest BCUT2D eigenvalue weighted by molar-refractivity contribution is 5.98. The largest absolute Gasteiger partial charge is 0.456 e. The lowest BCUT2D eigenvalue weighted by Gasteiger charge is -2.28. The molecule has 4 aromatic rings. The number of benzene rings is 3. The zero-order valence-corrected chi connectivity index (χ0v) is 26.4. The quantitative estimate of drug-likeness (QED) is 0.173. The minimum absolute atomic E-state index is 0.0814. The van der Waals surface area contributed by atoms with Crippen molar-refractivity contribution in [1.82, 2.24) is 0 Å². The van der Waals surface area contributed by atoms with Crippen molar-refractivity contribution >= 4 is 39.4 Å². The minimum atomic E-state index is -0.331. The summed E-state index contributed by atoms with van der Waals surface area (Å²) in [5, 5.41) is 2.77. The first-order chi connectivity index (χ1) is 21.1. The molecule has 220 valence electrons. The molecule has 0 amide bonds. The van der Waals surface area contributed by atoms with E-state index in [1.807, 2.05) is 55.7 Å². The fourth-order valence-corrected chi connectivity index (χ4v) is 6.35. The van der Waals surface area contributed by atoms with Gasteiger partial charge in [0.25, 0.3) is 0 Å². The Labute approximate surface area is 260 Å². The smallest absolute Gasteiger partial charge is 0.139 e. The van der Waals surface area contributed by atoms with Crippen molar-refractivity contribution in [2.45, 2.75) is 46.0 Å². The van der Waals surface area contributed by atoms with Gasteiger partial charge in [0.05, 0.1) is 16.4 Å². The number of nitrogens with zero attached hydrogens (tertiary/aromatic N) is 2. The van der Waals surface area contributed by atoms with E-state index in [1.54, 1.807) is 0 Å². The van der Waals surface area contributed by atoms with Gasteiger partial charge >= 0.3 is 0 Å². The molecule has 6 rings (SSSR count). The van der Waals surface area contributed by atoms with Crippen LogP contribution in [-0.4, -0.2) is 13.3 Å². The molecular formula is C41H40N2O. The van der Waals surface area contributed by atoms with Crippen LogP contribution in [0.2, 0.25) is 0 Å². The predicted molar refractivity (Wildman–Crippen MR) is 187 cm³/mol. The standard InChI is InChI=1S/C41H40N2O/c1-27-23-24-29(26-43-35-20-14-22-37-38(35)39(42-7)31-17-10-13-21-36(31)44-37)15-8-11-19-34-32(25-28(2)40(27,3)4)30-16-9-12-18-33(30)41(34,5)6/h9-10,12-26H,1-2,8,11H2,3-7H3/b24-23-,29-15+,32-25-,34-19+,42-39-,43-26+. The molecule has 0 saturated heterocycles. The molecule has 2 aliphatic carbocycles. The van der Waals surface area contributed by atoms with Gasteiger partial charge in [-0.25, -0.2) is 0 Å². The van der Waals surface area contributed by atoms with E-state index in [1.165, 1.54) is 22.3 Å². The van der Waals surface area contributed by atoms with E-state index in [4.69, 9.17) is 9.41 Å². The molecule has 0 fully saturated rings. The van der Waals surface area contributed by atoms with Crippen LogP contribution in [0.15, 0.2) is 147 Å². The highest BCUT2D eigenvalue weighted by atomic mass is 16.3. The van der Waals surface area contributed by atoms with E-state index < -0.39 is 0 Å². The third-order valence-corrected chi connectivity index (χ3v) is 9.33. The molecule has 0 spiro atoms. The number of allylic oxidation sites excluding steroid dienone is 10. The highest BCUT2D eigenvalue weighted by Crippen LogP contribution is 2.51. The molecule has 3 heteroatoms. The first-order valence-corrected chi connectivity index (χ1v) is 15.3. The number of aliphatic imine (C=N–C) groups is 1. The van der Waals surface area contributed by atoms with Gasteiger partial charge < -0.3 is 4.42 Å². The van der Waals surface area contributed by atoms with Crippen LogP contribution in [0.1, 0.15) is 51.7 Å². The van der Waals surface area contributed by atoms with Gasteiger partial charge in [0.1, 0.15) is 11.2 Å². The maximum Gasteiger partial charge on any atom is 0.139 e. The van der Waals surface area contributed by atoms with Crippen LogP contribution in [0, 0.1) is 5.41 Å². The van der Waals surface area contributed by atoms with Crippen molar-refractivity contribution in [2.24, 2.45) is 15.4 Å². The summed E-state index contributed by atoms with van der Waals surface area (Å²) < 4.78 is 6.25. The Bertz CT molecular complexity index is 2050. The summed E-state index contributed by atoms with van der Waals surface area (Å²) in [6, 6.07) is 22.8. The van der Waals surface area contributed by atoms with Crippen molar-refractivity contribution in [2.75, 3.05) is 7.05 Å². The summed E-state index contributed by atoms with van der Waals surface area (Å²) in [7, 11) is 1.82. The third kappa shape index (κ3) is 5.07. The van der Waals surface area contributed by atoms with E-state index >= 15 is 0 Å². The molecular weight excluding hydrogens is 536 g/mol. The Balaban J connectivity index is 1.42. The molecule has 2 aliphatic rings. The summed E-state index contributed by atoms with van der Waals surface area (Å²) >= 11 is 0. The van der Waals surface area contributed by atoms with Crippen molar-refractivity contribution in [3.63, 3.8) is 0 Å². The summed E-state index contributed by atoms with van der Waals surface area (Å²) in [6.45, 7) is 18.1. The van der Waals surface area contributed by atoms with Crippen LogP contribution in [0.4, 0.5) is 5.69 Å². The van der Waals surface area contributed by atoms with Crippen molar-refractivity contribution in [3.05, 3.63) is 149 Å². The van der Waals surface area contributed by atoms with Crippen molar-refractivity contribution in [3.8, 4) is 0 Å². The molecule has 3 aromatic carbocycles. The summed E-state index contributed by atoms with van der Waals surface area (Å²) in [4.78, 5) is 9.66. The maximum absolute atomic E-state index is 6.25. The van der Waals surface area contributed by atoms with Crippen LogP contribution >= 0.6 is 0 Å². The van der Waals surface area contributed by atoms with E-state index in [0.717, 1.165) is 62.5 Å². The van der Waals surface area contributed by atoms with Gasteiger partial charge in [-0.05, 0) is 76.1 Å². The monoisotopic (exact) mass is 576 g/mol. The van der Waals surface area contributed by atoms with Crippen molar-refractivity contribution < 1.29 is 4.42 Å². The van der Waals surface area contributed by atoms with Gasteiger partial charge in [0.15, 0.2) is 0 Å². The lowest BCUT2D eigenvalue weighted by atomic mass is 9.76. The zero-order chi connectivity index (χ0) is 31.1. The topological polar surface area (TPSA) is 37.9 Å². The summed E-state index contributed by atoms with van der Waals surface area (Å²) in [5.41, 5.74) is 10.4. The fourth-order valence-electron chi connectivity index (χ4n) is 6.35. The summed E-state index contributed by atoms with van der Waals surface area (Å²) in [5.74, 6) is 0. The highest BCUT2D eigenvalue weighted by Gasteiger charge is 2.38. The molecule has 0 radical (unpaired) electrons. The second-order valence-corrected chi connectivity index (χ2v) is 12.7. The first kappa shape index (κ1) is 29.3. The lowest BCUT2D eigenvalue weighted by Crippen LogP contribution is -2.16. The fraction of sp³-hybridized carbons (Fsp3) is 0.220. The van der Waals surface area contributed by atoms with E-state index in [0.29, 0.717) is 0 Å². The van der Waals surface area contributed by atoms with E-state index in [2.05, 4.69) is 100 Å². The molecule has 3 nitrogen and oxygen atoms in total. The minimum Gasteiger partial charge on any atom is -0.456 e. The average molecular weight is 577 g/mol. The number of hydrogen-bond acceptors (Lipinski definition) is 3. The SMILES string of the molecule is C=C1\C=C/C(/C=N/c2cccc3oc4ccccc4/c(=N/C)c23)=C\CC/C=C2\C(=C/C(=C)C1(C)C)c1ccccc1C2(C)C. The average Bonchev–Trinajstić information content (AvgIpc) is 3.23. The molecule has 0 N–H and O–H groups in total. The van der Waals surface area contributed by atoms with Gasteiger partial charge in [-0.1, -0.05) is 114 Å². The lowest BCUT2D eigenvalue weighted by molar-refractivity contribution is 0.570. The second kappa shape index (κ2) is 11.4. The normalized spacial score (nSPS) is 23.0. The molecule has 1 heterocycles. The van der Waals surface area contributed by atoms with Gasteiger partial charge in [-0.2, -0.15) is 0 Å². The summed E-state index contributed by atoms with van der Waals surface area (Å²) in [6.07, 6.45) is 15.0. The molecule has 0 unspecified atom stereocenters. The predicted octanol–water partition coefficient (Wildman–Crippen LogP) is 10.5. The Hall–Kier alpha value is -4.76. The van der Waals surface area contributed by atoms with Gasteiger partial charge in [0, 0.05) is 29.5 Å². The molecule has 0 aliphatic heterocycles. The number of rotatable bonds is 2. The van der Waals surface area contributed by atoms with Crippen LogP contribution in [0.5, 0.6) is 0 Å². The third-order valence-electron chi connectivity index (χ3n) is 9.33. The zero-order valence-electron chi connectivity index (χ0n) is 26.4. The number of hydrogen-bond donors (Lipinski definition) is 0. The van der Waals surface area contributed by atoms with Gasteiger partial charge in [-0.3, -0.25) is 9.98 Å². The van der Waals surface area contributed by atoms with Gasteiger partial charge in [-0.15, -0.1) is 0 Å². The molecule has 1 aromatic heterocycles. The van der Waals surface area contributed by atoms with Crippen LogP contribution in [0.3, 0.4) is 0 Å². The Morgan fingerprint density at radius 2 is 1.50 bits per heavy atom. The Morgan fingerprint density at radius 1 is 0.773 bits per heavy atom. The van der Waals surface area contributed by atoms with Crippen molar-refractivity contribution in [1.29, 1.82) is 0 Å². The van der Waals surface area contributed by atoms with Crippen LogP contribution in [-0.2, 0) is 5.41 Å². The number of para-hydroxylation sites is 1. The molecule has 44 heavy (non-hydrogen) atoms. The van der Waals surface area contributed by atoms with E-state index in [-0.39, 0.29) is 10.8 Å². The molecule has 0 saturated carbocycles. The maximum atomic E-state index is 6.25. The molecule has 0 atom stereocenters. The van der Waals surface area contributed by atoms with E-state index in [9.17, 15) is 0 Å².